The molecule has 0 heterocycles. The number of hydrogen-bond donors (Lipinski definition) is 0. The summed E-state index contributed by atoms with van der Waals surface area (Å²) >= 11 is 0. The molecular weight excluding hydrogens is 266 g/mol. The molecule has 0 fully saturated rings. The molecule has 1 atom stereocenters. The molecular formula is C19H18F2. The van der Waals surface area contributed by atoms with Gasteiger partial charge in [-0.05, 0) is 43.5 Å². The van der Waals surface area contributed by atoms with Gasteiger partial charge in [0.05, 0.1) is 5.56 Å². The Morgan fingerprint density at radius 3 is 2.43 bits per heavy atom. The molecule has 0 aromatic heterocycles. The second-order valence-corrected chi connectivity index (χ2v) is 5.21. The van der Waals surface area contributed by atoms with E-state index in [2.05, 4.69) is 50.8 Å². The van der Waals surface area contributed by atoms with E-state index in [1.807, 2.05) is 0 Å². The van der Waals surface area contributed by atoms with Crippen LogP contribution < -0.4 is 0 Å². The van der Waals surface area contributed by atoms with Crippen LogP contribution in [-0.2, 0) is 0 Å². The number of benzene rings is 2. The normalized spacial score (nSPS) is 11.7. The molecule has 2 rings (SSSR count). The molecule has 0 aliphatic carbocycles. The van der Waals surface area contributed by atoms with Gasteiger partial charge in [-0.15, -0.1) is 0 Å². The number of rotatable bonds is 2. The summed E-state index contributed by atoms with van der Waals surface area (Å²) in [7, 11) is 0. The van der Waals surface area contributed by atoms with Crippen LogP contribution >= 0.6 is 0 Å². The average Bonchev–Trinajstić information content (AvgIpc) is 2.43. The first kappa shape index (κ1) is 15.3. The molecule has 0 bridgehead atoms. The van der Waals surface area contributed by atoms with Crippen molar-refractivity contribution in [3.8, 4) is 11.8 Å². The summed E-state index contributed by atoms with van der Waals surface area (Å²) in [4.78, 5) is 0. The van der Waals surface area contributed by atoms with Crippen LogP contribution in [0.2, 0.25) is 0 Å². The van der Waals surface area contributed by atoms with Gasteiger partial charge in [-0.25, -0.2) is 8.78 Å². The zero-order valence-electron chi connectivity index (χ0n) is 12.5. The third-order valence-corrected chi connectivity index (χ3v) is 3.52. The van der Waals surface area contributed by atoms with Crippen molar-refractivity contribution in [1.29, 1.82) is 0 Å². The highest BCUT2D eigenvalue weighted by Gasteiger charge is 2.09. The molecule has 0 aliphatic rings. The molecule has 2 aromatic carbocycles. The predicted molar refractivity (Wildman–Crippen MR) is 82.2 cm³/mol. The molecule has 0 amide bonds. The summed E-state index contributed by atoms with van der Waals surface area (Å²) in [6.45, 7) is 6.17. The molecule has 1 unspecified atom stereocenters. The molecule has 2 heteroatoms. The summed E-state index contributed by atoms with van der Waals surface area (Å²) in [6.07, 6.45) is 0.847. The lowest BCUT2D eigenvalue weighted by molar-refractivity contribution is 0.581. The largest absolute Gasteiger partial charge is 0.207 e. The van der Waals surface area contributed by atoms with E-state index >= 15 is 0 Å². The van der Waals surface area contributed by atoms with E-state index in [0.717, 1.165) is 18.1 Å². The van der Waals surface area contributed by atoms with Crippen LogP contribution in [0.5, 0.6) is 0 Å². The van der Waals surface area contributed by atoms with Crippen molar-refractivity contribution >= 4 is 0 Å². The number of aryl methyl sites for hydroxylation is 2. The second kappa shape index (κ2) is 6.54. The molecule has 2 aromatic rings. The van der Waals surface area contributed by atoms with Gasteiger partial charge in [-0.3, -0.25) is 0 Å². The van der Waals surface area contributed by atoms with Gasteiger partial charge in [0.1, 0.15) is 11.6 Å². The maximum absolute atomic E-state index is 13.6. The first-order chi connectivity index (χ1) is 10.0. The molecule has 0 N–H and O–H groups in total. The molecule has 0 nitrogen and oxygen atoms in total. The zero-order valence-corrected chi connectivity index (χ0v) is 12.5. The van der Waals surface area contributed by atoms with Crippen molar-refractivity contribution in [2.24, 2.45) is 0 Å². The lowest BCUT2D eigenvalue weighted by Crippen LogP contribution is -1.98. The Balaban J connectivity index is 2.33. The summed E-state index contributed by atoms with van der Waals surface area (Å²) in [5.74, 6) is 4.80. The maximum atomic E-state index is 13.6. The standard InChI is InChI=1S/C19H18F2/c1-4-15(18-10-5-13(2)11-14(18)3)6-7-16-8-9-17(20)12-19(16)21/h5,8-12,15H,4H2,1-3H3. The van der Waals surface area contributed by atoms with E-state index < -0.39 is 11.6 Å². The minimum atomic E-state index is -0.613. The summed E-state index contributed by atoms with van der Waals surface area (Å²) in [5, 5.41) is 0. The Morgan fingerprint density at radius 2 is 1.81 bits per heavy atom. The average molecular weight is 284 g/mol. The van der Waals surface area contributed by atoms with Crippen molar-refractivity contribution in [2.75, 3.05) is 0 Å². The van der Waals surface area contributed by atoms with E-state index in [1.54, 1.807) is 0 Å². The van der Waals surface area contributed by atoms with Crippen LogP contribution in [0.15, 0.2) is 36.4 Å². The minimum Gasteiger partial charge on any atom is -0.207 e. The van der Waals surface area contributed by atoms with Crippen LogP contribution in [0, 0.1) is 37.3 Å². The Bertz CT molecular complexity index is 705. The van der Waals surface area contributed by atoms with Gasteiger partial charge in [-0.1, -0.05) is 42.5 Å². The molecule has 108 valence electrons. The van der Waals surface area contributed by atoms with E-state index in [9.17, 15) is 8.78 Å². The molecule has 0 aliphatic heterocycles. The van der Waals surface area contributed by atoms with Crippen LogP contribution in [-0.4, -0.2) is 0 Å². The van der Waals surface area contributed by atoms with E-state index in [1.165, 1.54) is 23.3 Å². The SMILES string of the molecule is CCC(C#Cc1ccc(F)cc1F)c1ccc(C)cc1C. The summed E-state index contributed by atoms with van der Waals surface area (Å²) < 4.78 is 26.5. The smallest absolute Gasteiger partial charge is 0.141 e. The van der Waals surface area contributed by atoms with Gasteiger partial charge in [0.15, 0.2) is 0 Å². The molecule has 0 saturated heterocycles. The van der Waals surface area contributed by atoms with Crippen molar-refractivity contribution < 1.29 is 8.78 Å². The van der Waals surface area contributed by atoms with Crippen LogP contribution in [0.1, 0.15) is 41.5 Å². The molecule has 21 heavy (non-hydrogen) atoms. The highest BCUT2D eigenvalue weighted by atomic mass is 19.1. The van der Waals surface area contributed by atoms with Crippen molar-refractivity contribution in [3.63, 3.8) is 0 Å². The maximum Gasteiger partial charge on any atom is 0.141 e. The quantitative estimate of drug-likeness (QED) is 0.671. The summed E-state index contributed by atoms with van der Waals surface area (Å²) in [5.41, 5.74) is 3.80. The Labute approximate surface area is 124 Å². The van der Waals surface area contributed by atoms with E-state index in [4.69, 9.17) is 0 Å². The van der Waals surface area contributed by atoms with Crippen LogP contribution in [0.4, 0.5) is 8.78 Å². The first-order valence-electron chi connectivity index (χ1n) is 7.05. The second-order valence-electron chi connectivity index (χ2n) is 5.21. The Hall–Kier alpha value is -2.14. The van der Waals surface area contributed by atoms with Gasteiger partial charge in [0.25, 0.3) is 0 Å². The van der Waals surface area contributed by atoms with Gasteiger partial charge in [0, 0.05) is 12.0 Å². The van der Waals surface area contributed by atoms with Crippen molar-refractivity contribution in [1.82, 2.24) is 0 Å². The third kappa shape index (κ3) is 3.70. The minimum absolute atomic E-state index is 0.0510. The topological polar surface area (TPSA) is 0 Å². The Morgan fingerprint density at radius 1 is 1.05 bits per heavy atom. The lowest BCUT2D eigenvalue weighted by Gasteiger charge is -2.12. The van der Waals surface area contributed by atoms with Gasteiger partial charge in [0.2, 0.25) is 0 Å². The van der Waals surface area contributed by atoms with Gasteiger partial charge >= 0.3 is 0 Å². The van der Waals surface area contributed by atoms with E-state index in [0.29, 0.717) is 0 Å². The molecule has 0 spiro atoms. The lowest BCUT2D eigenvalue weighted by atomic mass is 9.92. The monoisotopic (exact) mass is 284 g/mol. The Kier molecular flexibility index (Phi) is 4.75. The number of halogens is 2. The van der Waals surface area contributed by atoms with Crippen molar-refractivity contribution in [3.05, 3.63) is 70.3 Å². The highest BCUT2D eigenvalue weighted by molar-refractivity contribution is 5.42. The van der Waals surface area contributed by atoms with E-state index in [-0.39, 0.29) is 11.5 Å². The molecule has 0 saturated carbocycles. The summed E-state index contributed by atoms with van der Waals surface area (Å²) in [6, 6.07) is 9.73. The van der Waals surface area contributed by atoms with Crippen LogP contribution in [0.3, 0.4) is 0 Å². The van der Waals surface area contributed by atoms with Gasteiger partial charge < -0.3 is 0 Å². The fourth-order valence-electron chi connectivity index (χ4n) is 2.37. The zero-order chi connectivity index (χ0) is 15.4. The predicted octanol–water partition coefficient (Wildman–Crippen LogP) is 5.13. The van der Waals surface area contributed by atoms with Gasteiger partial charge in [-0.2, -0.15) is 0 Å². The molecule has 0 radical (unpaired) electrons. The third-order valence-electron chi connectivity index (χ3n) is 3.52. The van der Waals surface area contributed by atoms with Crippen molar-refractivity contribution in [2.45, 2.75) is 33.1 Å². The fourth-order valence-corrected chi connectivity index (χ4v) is 2.37. The first-order valence-corrected chi connectivity index (χ1v) is 7.05. The fraction of sp³-hybridized carbons (Fsp3) is 0.263. The van der Waals surface area contributed by atoms with Crippen LogP contribution in [0.25, 0.3) is 0 Å². The highest BCUT2D eigenvalue weighted by Crippen LogP contribution is 2.23. The number of hydrogen-bond acceptors (Lipinski definition) is 0.